The van der Waals surface area contributed by atoms with E-state index < -0.39 is 18.0 Å². The van der Waals surface area contributed by atoms with E-state index in [1.54, 1.807) is 19.1 Å². The van der Waals surface area contributed by atoms with Crippen molar-refractivity contribution in [1.29, 1.82) is 0 Å². The molecule has 154 valence electrons. The maximum absolute atomic E-state index is 12.5. The molecule has 0 saturated carbocycles. The van der Waals surface area contributed by atoms with Gasteiger partial charge >= 0.3 is 5.97 Å². The van der Waals surface area contributed by atoms with Crippen LogP contribution in [0.4, 0.5) is 0 Å². The van der Waals surface area contributed by atoms with E-state index in [2.05, 4.69) is 10.3 Å². The van der Waals surface area contributed by atoms with Crippen LogP contribution in [-0.4, -0.2) is 29.8 Å². The van der Waals surface area contributed by atoms with Crippen molar-refractivity contribution >= 4 is 11.9 Å². The molecule has 2 aromatic carbocycles. The van der Waals surface area contributed by atoms with E-state index in [1.807, 2.05) is 36.4 Å². The van der Waals surface area contributed by atoms with Crippen molar-refractivity contribution in [3.05, 3.63) is 65.5 Å². The normalized spacial score (nSPS) is 13.0. The molecule has 1 aromatic heterocycles. The highest BCUT2D eigenvalue weighted by atomic mass is 16.7. The number of benzene rings is 2. The molecule has 1 aliphatic rings. The molecule has 1 aliphatic heterocycles. The van der Waals surface area contributed by atoms with Gasteiger partial charge in [0.05, 0.1) is 0 Å². The van der Waals surface area contributed by atoms with Gasteiger partial charge in [0.15, 0.2) is 23.3 Å². The third-order valence-electron chi connectivity index (χ3n) is 4.57. The van der Waals surface area contributed by atoms with Gasteiger partial charge in [-0.25, -0.2) is 9.78 Å². The van der Waals surface area contributed by atoms with E-state index in [-0.39, 0.29) is 19.0 Å². The molecule has 0 saturated heterocycles. The lowest BCUT2D eigenvalue weighted by atomic mass is 10.2. The van der Waals surface area contributed by atoms with E-state index in [1.165, 1.54) is 6.92 Å². The molecule has 0 spiro atoms. The zero-order valence-electron chi connectivity index (χ0n) is 16.5. The minimum absolute atomic E-state index is 0.0456. The second-order valence-corrected chi connectivity index (χ2v) is 6.74. The molecule has 4 rings (SSSR count). The number of fused-ring (bicyclic) bond motifs is 1. The molecular weight excluding hydrogens is 388 g/mol. The first-order chi connectivity index (χ1) is 14.5. The second kappa shape index (κ2) is 8.28. The van der Waals surface area contributed by atoms with Crippen LogP contribution in [0.3, 0.4) is 0 Å². The maximum atomic E-state index is 12.5. The summed E-state index contributed by atoms with van der Waals surface area (Å²) in [5, 5.41) is 2.74. The largest absolute Gasteiger partial charge is 0.454 e. The zero-order valence-corrected chi connectivity index (χ0v) is 16.5. The maximum Gasteiger partial charge on any atom is 0.361 e. The number of aryl methyl sites for hydroxylation is 1. The van der Waals surface area contributed by atoms with E-state index in [4.69, 9.17) is 18.6 Å². The Labute approximate surface area is 172 Å². The minimum Gasteiger partial charge on any atom is -0.454 e. The standard InChI is InChI=1S/C22H20N2O6/c1-13-19(24-21(29-13)16-6-4-3-5-7-16)22(26)30-14(2)20(25)23-11-15-8-9-17-18(10-15)28-12-27-17/h3-10,14H,11-12H2,1-2H3,(H,23,25)/t14-/m0/s1. The molecule has 1 amide bonds. The Balaban J connectivity index is 1.35. The third kappa shape index (κ3) is 4.12. The number of aromatic nitrogens is 1. The Morgan fingerprint density at radius 1 is 1.13 bits per heavy atom. The van der Waals surface area contributed by atoms with Crippen molar-refractivity contribution in [2.45, 2.75) is 26.5 Å². The van der Waals surface area contributed by atoms with Crippen LogP contribution in [0.15, 0.2) is 52.9 Å². The SMILES string of the molecule is Cc1oc(-c2ccccc2)nc1C(=O)O[C@@H](C)C(=O)NCc1ccc2c(c1)OCO2. The van der Waals surface area contributed by atoms with Gasteiger partial charge in [0.1, 0.15) is 5.76 Å². The minimum atomic E-state index is -0.997. The van der Waals surface area contributed by atoms with Gasteiger partial charge in [0, 0.05) is 12.1 Å². The quantitative estimate of drug-likeness (QED) is 0.625. The Kier molecular flexibility index (Phi) is 5.38. The van der Waals surface area contributed by atoms with Gasteiger partial charge in [0.25, 0.3) is 5.91 Å². The predicted molar refractivity (Wildman–Crippen MR) is 106 cm³/mol. The van der Waals surface area contributed by atoms with Gasteiger partial charge in [-0.3, -0.25) is 4.79 Å². The first kappa shape index (κ1) is 19.5. The number of hydrogen-bond donors (Lipinski definition) is 1. The molecule has 0 bridgehead atoms. The van der Waals surface area contributed by atoms with Crippen molar-refractivity contribution in [2.75, 3.05) is 6.79 Å². The fourth-order valence-electron chi connectivity index (χ4n) is 2.94. The second-order valence-electron chi connectivity index (χ2n) is 6.74. The van der Waals surface area contributed by atoms with E-state index in [9.17, 15) is 9.59 Å². The topological polar surface area (TPSA) is 99.9 Å². The number of esters is 1. The van der Waals surface area contributed by atoms with Gasteiger partial charge in [-0.2, -0.15) is 0 Å². The number of rotatable bonds is 6. The molecular formula is C22H20N2O6. The summed E-state index contributed by atoms with van der Waals surface area (Å²) >= 11 is 0. The monoisotopic (exact) mass is 408 g/mol. The number of carbonyl (C=O) groups excluding carboxylic acids is 2. The number of nitrogens with one attached hydrogen (secondary N) is 1. The smallest absolute Gasteiger partial charge is 0.361 e. The first-order valence-electron chi connectivity index (χ1n) is 9.41. The highest BCUT2D eigenvalue weighted by molar-refractivity contribution is 5.91. The molecule has 1 atom stereocenters. The molecule has 0 radical (unpaired) electrons. The zero-order chi connectivity index (χ0) is 21.1. The highest BCUT2D eigenvalue weighted by Gasteiger charge is 2.24. The van der Waals surface area contributed by atoms with Crippen molar-refractivity contribution < 1.29 is 28.2 Å². The highest BCUT2D eigenvalue weighted by Crippen LogP contribution is 2.32. The van der Waals surface area contributed by atoms with Crippen LogP contribution < -0.4 is 14.8 Å². The van der Waals surface area contributed by atoms with Crippen molar-refractivity contribution in [3.63, 3.8) is 0 Å². The average Bonchev–Trinajstić information content (AvgIpc) is 3.38. The van der Waals surface area contributed by atoms with Crippen molar-refractivity contribution in [1.82, 2.24) is 10.3 Å². The van der Waals surface area contributed by atoms with Crippen LogP contribution in [0, 0.1) is 6.92 Å². The Hall–Kier alpha value is -3.81. The van der Waals surface area contributed by atoms with E-state index in [0.29, 0.717) is 23.1 Å². The van der Waals surface area contributed by atoms with E-state index >= 15 is 0 Å². The third-order valence-corrected chi connectivity index (χ3v) is 4.57. The summed E-state index contributed by atoms with van der Waals surface area (Å²) in [5.74, 6) is 0.809. The van der Waals surface area contributed by atoms with E-state index in [0.717, 1.165) is 11.1 Å². The fourth-order valence-corrected chi connectivity index (χ4v) is 2.94. The molecule has 30 heavy (non-hydrogen) atoms. The summed E-state index contributed by atoms with van der Waals surface area (Å²) in [6, 6.07) is 14.6. The molecule has 8 heteroatoms. The summed E-state index contributed by atoms with van der Waals surface area (Å²) in [5.41, 5.74) is 1.63. The average molecular weight is 408 g/mol. The Morgan fingerprint density at radius 3 is 2.70 bits per heavy atom. The molecule has 8 nitrogen and oxygen atoms in total. The van der Waals surface area contributed by atoms with Crippen molar-refractivity contribution in [2.24, 2.45) is 0 Å². The lowest BCUT2D eigenvalue weighted by molar-refractivity contribution is -0.129. The molecule has 0 unspecified atom stereocenters. The van der Waals surface area contributed by atoms with Gasteiger partial charge < -0.3 is 23.9 Å². The lowest BCUT2D eigenvalue weighted by Crippen LogP contribution is -2.35. The Bertz CT molecular complexity index is 1080. The van der Waals surface area contributed by atoms with Gasteiger partial charge in [-0.1, -0.05) is 24.3 Å². The van der Waals surface area contributed by atoms with Crippen LogP contribution in [0.5, 0.6) is 11.5 Å². The molecule has 0 aliphatic carbocycles. The summed E-state index contributed by atoms with van der Waals surface area (Å²) in [6.45, 7) is 3.57. The number of nitrogens with zero attached hydrogens (tertiary/aromatic N) is 1. The summed E-state index contributed by atoms with van der Waals surface area (Å²) in [6.07, 6.45) is -0.997. The van der Waals surface area contributed by atoms with Crippen LogP contribution in [0.25, 0.3) is 11.5 Å². The number of ether oxygens (including phenoxy) is 3. The molecule has 1 N–H and O–H groups in total. The van der Waals surface area contributed by atoms with Gasteiger partial charge in [0.2, 0.25) is 12.7 Å². The van der Waals surface area contributed by atoms with Crippen LogP contribution in [0.2, 0.25) is 0 Å². The predicted octanol–water partition coefficient (Wildman–Crippen LogP) is 3.24. The number of oxazole rings is 1. The number of hydrogen-bond acceptors (Lipinski definition) is 7. The van der Waals surface area contributed by atoms with Gasteiger partial charge in [-0.05, 0) is 43.7 Å². The molecule has 3 aromatic rings. The van der Waals surface area contributed by atoms with Crippen LogP contribution in [-0.2, 0) is 16.1 Å². The van der Waals surface area contributed by atoms with Crippen LogP contribution >= 0.6 is 0 Å². The Morgan fingerprint density at radius 2 is 1.90 bits per heavy atom. The number of carbonyl (C=O) groups is 2. The molecule has 2 heterocycles. The number of amides is 1. The first-order valence-corrected chi connectivity index (χ1v) is 9.41. The van der Waals surface area contributed by atoms with Crippen molar-refractivity contribution in [3.8, 4) is 23.0 Å². The van der Waals surface area contributed by atoms with Gasteiger partial charge in [-0.15, -0.1) is 0 Å². The lowest BCUT2D eigenvalue weighted by Gasteiger charge is -2.13. The van der Waals surface area contributed by atoms with Crippen LogP contribution in [0.1, 0.15) is 28.7 Å². The summed E-state index contributed by atoms with van der Waals surface area (Å²) < 4.78 is 21.4. The summed E-state index contributed by atoms with van der Waals surface area (Å²) in [7, 11) is 0. The summed E-state index contributed by atoms with van der Waals surface area (Å²) in [4.78, 5) is 29.0. The molecule has 0 fully saturated rings. The fraction of sp³-hybridized carbons (Fsp3) is 0.227.